The molecule has 3 rings (SSSR count). The second kappa shape index (κ2) is 10.8. The number of rotatable bonds is 10. The molecule has 0 saturated carbocycles. The molecule has 1 unspecified atom stereocenters. The molecule has 0 heterocycles. The number of carbonyl (C=O) groups excluding carboxylic acids is 1. The largest absolute Gasteiger partial charge is 0.482 e. The zero-order chi connectivity index (χ0) is 21.2. The van der Waals surface area contributed by atoms with Gasteiger partial charge in [-0.2, -0.15) is 0 Å². The first-order valence-electron chi connectivity index (χ1n) is 9.92. The Morgan fingerprint density at radius 2 is 1.53 bits per heavy atom. The number of hydrogen-bond acceptors (Lipinski definition) is 3. The van der Waals surface area contributed by atoms with Gasteiger partial charge < -0.3 is 15.2 Å². The molecule has 0 aliphatic carbocycles. The number of carboxylic acids is 1. The maximum Gasteiger partial charge on any atom is 0.341 e. The third-order valence-electron chi connectivity index (χ3n) is 4.72. The van der Waals surface area contributed by atoms with E-state index in [1.165, 1.54) is 0 Å². The predicted octanol–water partition coefficient (Wildman–Crippen LogP) is 4.18. The van der Waals surface area contributed by atoms with Crippen LogP contribution in [0.15, 0.2) is 84.9 Å². The molecule has 3 aromatic carbocycles. The number of nitrogens with one attached hydrogen (secondary N) is 1. The van der Waals surface area contributed by atoms with Crippen molar-refractivity contribution in [1.29, 1.82) is 0 Å². The van der Waals surface area contributed by atoms with Crippen molar-refractivity contribution in [3.8, 4) is 5.75 Å². The van der Waals surface area contributed by atoms with Crippen molar-refractivity contribution in [1.82, 2.24) is 5.32 Å². The number of amides is 1. The molecule has 5 nitrogen and oxygen atoms in total. The molecule has 0 fully saturated rings. The quantitative estimate of drug-likeness (QED) is 0.532. The highest BCUT2D eigenvalue weighted by Crippen LogP contribution is 2.19. The van der Waals surface area contributed by atoms with Crippen LogP contribution in [0.2, 0.25) is 0 Å². The van der Waals surface area contributed by atoms with Gasteiger partial charge in [0.15, 0.2) is 6.61 Å². The van der Waals surface area contributed by atoms with Crippen LogP contribution in [-0.2, 0) is 22.4 Å². The highest BCUT2D eigenvalue weighted by atomic mass is 16.5. The molecule has 30 heavy (non-hydrogen) atoms. The minimum atomic E-state index is -1.02. The molecular weight excluding hydrogens is 378 g/mol. The highest BCUT2D eigenvalue weighted by Gasteiger charge is 2.15. The second-order valence-electron chi connectivity index (χ2n) is 7.05. The highest BCUT2D eigenvalue weighted by molar-refractivity contribution is 5.76. The summed E-state index contributed by atoms with van der Waals surface area (Å²) in [6.45, 7) is -0.387. The summed E-state index contributed by atoms with van der Waals surface area (Å²) < 4.78 is 5.20. The molecule has 0 aromatic heterocycles. The number of ether oxygens (including phenoxy) is 1. The Balaban J connectivity index is 1.60. The van der Waals surface area contributed by atoms with Crippen LogP contribution in [0.1, 0.15) is 29.2 Å². The van der Waals surface area contributed by atoms with Gasteiger partial charge in [-0.25, -0.2) is 4.79 Å². The van der Waals surface area contributed by atoms with E-state index in [1.54, 1.807) is 18.2 Å². The van der Waals surface area contributed by atoms with Crippen LogP contribution >= 0.6 is 0 Å². The predicted molar refractivity (Wildman–Crippen MR) is 115 cm³/mol. The monoisotopic (exact) mass is 403 g/mol. The van der Waals surface area contributed by atoms with Crippen LogP contribution < -0.4 is 10.1 Å². The molecule has 0 aliphatic heterocycles. The van der Waals surface area contributed by atoms with Crippen molar-refractivity contribution in [2.75, 3.05) is 6.61 Å². The summed E-state index contributed by atoms with van der Waals surface area (Å²) in [5.74, 6) is -0.566. The average molecular weight is 403 g/mol. The smallest absolute Gasteiger partial charge is 0.341 e. The first-order valence-corrected chi connectivity index (χ1v) is 9.92. The van der Waals surface area contributed by atoms with E-state index in [-0.39, 0.29) is 18.6 Å². The van der Waals surface area contributed by atoms with E-state index < -0.39 is 5.97 Å². The van der Waals surface area contributed by atoms with Gasteiger partial charge in [-0.1, -0.05) is 72.8 Å². The van der Waals surface area contributed by atoms with Crippen molar-refractivity contribution in [3.05, 3.63) is 102 Å². The fourth-order valence-corrected chi connectivity index (χ4v) is 3.25. The van der Waals surface area contributed by atoms with E-state index in [0.717, 1.165) is 23.1 Å². The summed E-state index contributed by atoms with van der Waals surface area (Å²) in [5.41, 5.74) is 3.15. The van der Waals surface area contributed by atoms with Crippen molar-refractivity contribution in [2.24, 2.45) is 0 Å². The number of hydrogen-bond donors (Lipinski definition) is 2. The summed E-state index contributed by atoms with van der Waals surface area (Å²) in [6.07, 6.45) is 1.60. The van der Waals surface area contributed by atoms with Gasteiger partial charge in [0.1, 0.15) is 5.75 Å². The lowest BCUT2D eigenvalue weighted by molar-refractivity contribution is -0.139. The zero-order valence-electron chi connectivity index (χ0n) is 16.7. The minimum Gasteiger partial charge on any atom is -0.482 e. The maximum absolute atomic E-state index is 12.7. The zero-order valence-corrected chi connectivity index (χ0v) is 16.7. The van der Waals surface area contributed by atoms with Crippen molar-refractivity contribution in [2.45, 2.75) is 25.3 Å². The van der Waals surface area contributed by atoms with Crippen molar-refractivity contribution < 1.29 is 19.4 Å². The molecule has 0 bridgehead atoms. The summed E-state index contributed by atoms with van der Waals surface area (Å²) in [7, 11) is 0. The lowest BCUT2D eigenvalue weighted by atomic mass is 9.98. The molecule has 0 aliphatic rings. The first-order chi connectivity index (χ1) is 14.6. The number of benzene rings is 3. The van der Waals surface area contributed by atoms with Crippen molar-refractivity contribution >= 4 is 11.9 Å². The molecule has 1 atom stereocenters. The molecule has 3 aromatic rings. The number of aliphatic carboxylic acids is 1. The standard InChI is InChI=1S/C25H25NO4/c27-24(15-14-20-10-7-13-22(16-20)30-18-25(28)29)26-23(21-11-5-2-6-12-21)17-19-8-3-1-4-9-19/h1-13,16,23H,14-15,17-18H2,(H,26,27)(H,28,29). The van der Waals surface area contributed by atoms with Crippen LogP contribution in [0.4, 0.5) is 0 Å². The molecule has 1 amide bonds. The van der Waals surface area contributed by atoms with E-state index in [4.69, 9.17) is 9.84 Å². The lowest BCUT2D eigenvalue weighted by Crippen LogP contribution is -2.30. The summed E-state index contributed by atoms with van der Waals surface area (Å²) >= 11 is 0. The Hall–Kier alpha value is -3.60. The second-order valence-corrected chi connectivity index (χ2v) is 7.05. The Bertz CT molecular complexity index is 957. The van der Waals surface area contributed by atoms with Gasteiger partial charge in [0.05, 0.1) is 6.04 Å². The fraction of sp³-hybridized carbons (Fsp3) is 0.200. The van der Waals surface area contributed by atoms with E-state index >= 15 is 0 Å². The van der Waals surface area contributed by atoms with Gasteiger partial charge >= 0.3 is 5.97 Å². The van der Waals surface area contributed by atoms with E-state index in [9.17, 15) is 9.59 Å². The Morgan fingerprint density at radius 1 is 0.867 bits per heavy atom. The molecule has 5 heteroatoms. The normalized spacial score (nSPS) is 11.5. The molecular formula is C25H25NO4. The lowest BCUT2D eigenvalue weighted by Gasteiger charge is -2.20. The van der Waals surface area contributed by atoms with Crippen LogP contribution in [0.5, 0.6) is 5.75 Å². The van der Waals surface area contributed by atoms with Gasteiger partial charge in [0.2, 0.25) is 5.91 Å². The molecule has 0 spiro atoms. The van der Waals surface area contributed by atoms with Crippen molar-refractivity contribution in [3.63, 3.8) is 0 Å². The molecule has 0 saturated heterocycles. The summed E-state index contributed by atoms with van der Waals surface area (Å²) in [6, 6.07) is 27.1. The van der Waals surface area contributed by atoms with Gasteiger partial charge in [0.25, 0.3) is 0 Å². The van der Waals surface area contributed by atoms with Crippen LogP contribution in [0.25, 0.3) is 0 Å². The summed E-state index contributed by atoms with van der Waals surface area (Å²) in [5, 5.41) is 11.9. The third kappa shape index (κ3) is 6.78. The Kier molecular flexibility index (Phi) is 7.61. The number of aryl methyl sites for hydroxylation is 1. The molecule has 0 radical (unpaired) electrons. The first kappa shape index (κ1) is 21.1. The maximum atomic E-state index is 12.7. The van der Waals surface area contributed by atoms with Crippen LogP contribution in [0, 0.1) is 0 Å². The number of carbonyl (C=O) groups is 2. The van der Waals surface area contributed by atoms with Gasteiger partial charge in [0, 0.05) is 6.42 Å². The van der Waals surface area contributed by atoms with E-state index in [0.29, 0.717) is 18.6 Å². The SMILES string of the molecule is O=C(O)COc1cccc(CCC(=O)NC(Cc2ccccc2)c2ccccc2)c1. The fourth-order valence-electron chi connectivity index (χ4n) is 3.25. The van der Waals surface area contributed by atoms with Crippen LogP contribution in [0.3, 0.4) is 0 Å². The van der Waals surface area contributed by atoms with Gasteiger partial charge in [-0.3, -0.25) is 4.79 Å². The average Bonchev–Trinajstić information content (AvgIpc) is 2.77. The molecule has 154 valence electrons. The molecule has 2 N–H and O–H groups in total. The Morgan fingerprint density at radius 3 is 2.23 bits per heavy atom. The van der Waals surface area contributed by atoms with E-state index in [1.807, 2.05) is 54.6 Å². The summed E-state index contributed by atoms with van der Waals surface area (Å²) in [4.78, 5) is 23.3. The number of carboxylic acid groups (broad SMARTS) is 1. The van der Waals surface area contributed by atoms with E-state index in [2.05, 4.69) is 17.4 Å². The van der Waals surface area contributed by atoms with Gasteiger partial charge in [-0.15, -0.1) is 0 Å². The Labute approximate surface area is 176 Å². The minimum absolute atomic E-state index is 0.0309. The third-order valence-corrected chi connectivity index (χ3v) is 4.72. The topological polar surface area (TPSA) is 75.6 Å². The van der Waals surface area contributed by atoms with Crippen LogP contribution in [-0.4, -0.2) is 23.6 Å². The van der Waals surface area contributed by atoms with Gasteiger partial charge in [-0.05, 0) is 41.7 Å².